The number of esters is 3. The number of hydrogen-bond donors (Lipinski definition) is 0. The van der Waals surface area contributed by atoms with E-state index in [1.54, 1.807) is 42.5 Å². The maximum Gasteiger partial charge on any atom is 0.308 e. The van der Waals surface area contributed by atoms with Crippen molar-refractivity contribution in [2.24, 2.45) is 0 Å². The summed E-state index contributed by atoms with van der Waals surface area (Å²) in [6, 6.07) is 8.65. The Morgan fingerprint density at radius 1 is 0.765 bits per heavy atom. The van der Waals surface area contributed by atoms with Crippen LogP contribution in [0.3, 0.4) is 0 Å². The molecule has 0 saturated carbocycles. The van der Waals surface area contributed by atoms with Crippen LogP contribution < -0.4 is 18.9 Å². The fraction of sp³-hybridized carbons (Fsp3) is 0.269. The quantitative estimate of drug-likeness (QED) is 0.297. The summed E-state index contributed by atoms with van der Waals surface area (Å²) >= 11 is 0. The van der Waals surface area contributed by atoms with Crippen molar-refractivity contribution in [3.05, 3.63) is 53.1 Å². The topological polar surface area (TPSA) is 97.4 Å². The predicted molar refractivity (Wildman–Crippen MR) is 128 cm³/mol. The van der Waals surface area contributed by atoms with Crippen LogP contribution in [0.4, 0.5) is 0 Å². The van der Waals surface area contributed by atoms with E-state index in [4.69, 9.17) is 23.7 Å². The molecule has 8 heteroatoms. The molecular weight excluding hydrogens is 440 g/mol. The molecule has 0 aliphatic rings. The van der Waals surface area contributed by atoms with Gasteiger partial charge in [0, 0.05) is 20.8 Å². The van der Waals surface area contributed by atoms with Gasteiger partial charge in [0.25, 0.3) is 0 Å². The van der Waals surface area contributed by atoms with Crippen LogP contribution in [0, 0.1) is 0 Å². The molecule has 2 rings (SSSR count). The second-order valence-electron chi connectivity index (χ2n) is 7.22. The van der Waals surface area contributed by atoms with Gasteiger partial charge in [0.05, 0.1) is 14.2 Å². The van der Waals surface area contributed by atoms with Gasteiger partial charge in [-0.25, -0.2) is 0 Å². The molecule has 8 nitrogen and oxygen atoms in total. The van der Waals surface area contributed by atoms with Crippen molar-refractivity contribution in [2.45, 2.75) is 27.7 Å². The van der Waals surface area contributed by atoms with E-state index in [1.165, 1.54) is 35.0 Å². The maximum atomic E-state index is 11.5. The van der Waals surface area contributed by atoms with Crippen molar-refractivity contribution in [3.8, 4) is 23.0 Å². The van der Waals surface area contributed by atoms with Crippen LogP contribution in [-0.4, -0.2) is 38.7 Å². The summed E-state index contributed by atoms with van der Waals surface area (Å²) in [5, 5.41) is 0. The number of methoxy groups -OCH3 is 2. The van der Waals surface area contributed by atoms with Gasteiger partial charge in [0.1, 0.15) is 6.61 Å². The molecule has 0 unspecified atom stereocenters. The summed E-state index contributed by atoms with van der Waals surface area (Å²) in [6.45, 7) is 5.97. The average Bonchev–Trinajstić information content (AvgIpc) is 2.76. The molecule has 0 spiro atoms. The maximum absolute atomic E-state index is 11.5. The minimum absolute atomic E-state index is 0.0985. The zero-order chi connectivity index (χ0) is 25.3. The molecule has 0 aliphatic heterocycles. The van der Waals surface area contributed by atoms with Crippen molar-refractivity contribution in [2.75, 3.05) is 20.8 Å². The highest BCUT2D eigenvalue weighted by Gasteiger charge is 2.14. The van der Waals surface area contributed by atoms with Gasteiger partial charge < -0.3 is 23.7 Å². The molecule has 0 amide bonds. The Kier molecular flexibility index (Phi) is 9.43. The minimum atomic E-state index is -0.479. The number of carbonyl (C=O) groups is 3. The van der Waals surface area contributed by atoms with Crippen molar-refractivity contribution < 1.29 is 38.1 Å². The van der Waals surface area contributed by atoms with Crippen molar-refractivity contribution >= 4 is 35.6 Å². The average molecular weight is 469 g/mol. The van der Waals surface area contributed by atoms with Gasteiger partial charge in [0.15, 0.2) is 23.0 Å². The lowest BCUT2D eigenvalue weighted by Crippen LogP contribution is -2.04. The summed E-state index contributed by atoms with van der Waals surface area (Å²) in [7, 11) is 2.98. The highest BCUT2D eigenvalue weighted by Crippen LogP contribution is 2.36. The zero-order valence-electron chi connectivity index (χ0n) is 20.1. The Morgan fingerprint density at radius 2 is 1.38 bits per heavy atom. The largest absolute Gasteiger partial charge is 0.493 e. The highest BCUT2D eigenvalue weighted by atomic mass is 16.6. The van der Waals surface area contributed by atoms with Crippen LogP contribution in [0.25, 0.3) is 17.7 Å². The number of rotatable bonds is 9. The molecule has 0 bridgehead atoms. The Bertz CT molecular complexity index is 1130. The fourth-order valence-corrected chi connectivity index (χ4v) is 3.13. The molecule has 0 saturated heterocycles. The van der Waals surface area contributed by atoms with Crippen LogP contribution in [0.1, 0.15) is 44.4 Å². The van der Waals surface area contributed by atoms with E-state index < -0.39 is 11.9 Å². The molecule has 0 aromatic heterocycles. The Morgan fingerprint density at radius 3 is 1.97 bits per heavy atom. The first-order valence-electron chi connectivity index (χ1n) is 10.4. The minimum Gasteiger partial charge on any atom is -0.493 e. The van der Waals surface area contributed by atoms with Gasteiger partial charge in [-0.15, -0.1) is 0 Å². The first-order valence-corrected chi connectivity index (χ1v) is 10.4. The summed E-state index contributed by atoms with van der Waals surface area (Å²) in [4.78, 5) is 33.9. The van der Waals surface area contributed by atoms with E-state index >= 15 is 0 Å². The first kappa shape index (κ1) is 26.2. The third-order valence-corrected chi connectivity index (χ3v) is 4.52. The van der Waals surface area contributed by atoms with Gasteiger partial charge in [-0.1, -0.05) is 18.2 Å². The van der Waals surface area contributed by atoms with Crippen molar-refractivity contribution in [1.29, 1.82) is 0 Å². The summed E-state index contributed by atoms with van der Waals surface area (Å²) < 4.78 is 26.2. The van der Waals surface area contributed by atoms with Crippen molar-refractivity contribution in [3.63, 3.8) is 0 Å². The van der Waals surface area contributed by atoms with E-state index in [1.807, 2.05) is 13.0 Å². The first-order chi connectivity index (χ1) is 16.1. The molecule has 2 aromatic carbocycles. The molecule has 0 fully saturated rings. The zero-order valence-corrected chi connectivity index (χ0v) is 20.1. The molecule has 0 heterocycles. The van der Waals surface area contributed by atoms with E-state index in [0.717, 1.165) is 22.3 Å². The van der Waals surface area contributed by atoms with Gasteiger partial charge in [0.2, 0.25) is 0 Å². The van der Waals surface area contributed by atoms with Crippen LogP contribution in [0.15, 0.2) is 36.4 Å². The van der Waals surface area contributed by atoms with Crippen LogP contribution >= 0.6 is 0 Å². The molecule has 0 radical (unpaired) electrons. The van der Waals surface area contributed by atoms with Gasteiger partial charge in [-0.2, -0.15) is 0 Å². The Balaban J connectivity index is 2.53. The summed E-state index contributed by atoms with van der Waals surface area (Å²) in [5.74, 6) is 0.0924. The van der Waals surface area contributed by atoms with Crippen LogP contribution in [0.2, 0.25) is 0 Å². The monoisotopic (exact) mass is 468 g/mol. The lowest BCUT2D eigenvalue weighted by atomic mass is 9.97. The number of benzene rings is 2. The normalized spacial score (nSPS) is 11.2. The SMILES string of the molecule is COc1cc(/C=C(\C)c2cc(OC)c(OC(C)=O)cc2/C=C/COC(C)=O)ccc1OC(C)=O. The molecule has 34 heavy (non-hydrogen) atoms. The third kappa shape index (κ3) is 7.51. The molecule has 0 aliphatic carbocycles. The van der Waals surface area contributed by atoms with Gasteiger partial charge in [-0.3, -0.25) is 14.4 Å². The van der Waals surface area contributed by atoms with E-state index in [-0.39, 0.29) is 18.3 Å². The van der Waals surface area contributed by atoms with Crippen LogP contribution in [0.5, 0.6) is 23.0 Å². The Labute approximate surface area is 198 Å². The second kappa shape index (κ2) is 12.2. The number of allylic oxidation sites excluding steroid dienone is 1. The molecule has 2 aromatic rings. The van der Waals surface area contributed by atoms with Crippen LogP contribution in [-0.2, 0) is 19.1 Å². The van der Waals surface area contributed by atoms with E-state index in [9.17, 15) is 14.4 Å². The van der Waals surface area contributed by atoms with Crippen molar-refractivity contribution in [1.82, 2.24) is 0 Å². The fourth-order valence-electron chi connectivity index (χ4n) is 3.13. The standard InChI is InChI=1S/C26H28O8/c1-16(12-20-9-10-23(33-18(3)28)24(13-20)30-5)22-15-25(31-6)26(34-19(4)29)14-21(22)8-7-11-32-17(2)27/h7-10,12-15H,11H2,1-6H3/b8-7+,16-12+. The summed E-state index contributed by atoms with van der Waals surface area (Å²) in [5.41, 5.74) is 3.20. The number of ether oxygens (including phenoxy) is 5. The predicted octanol–water partition coefficient (Wildman–Crippen LogP) is 4.69. The highest BCUT2D eigenvalue weighted by molar-refractivity contribution is 5.86. The lowest BCUT2D eigenvalue weighted by molar-refractivity contribution is -0.139. The number of hydrogen-bond acceptors (Lipinski definition) is 8. The van der Waals surface area contributed by atoms with Gasteiger partial charge >= 0.3 is 17.9 Å². The molecule has 180 valence electrons. The smallest absolute Gasteiger partial charge is 0.308 e. The lowest BCUT2D eigenvalue weighted by Gasteiger charge is -2.14. The third-order valence-electron chi connectivity index (χ3n) is 4.52. The van der Waals surface area contributed by atoms with Gasteiger partial charge in [-0.05, 0) is 59.5 Å². The molecule has 0 atom stereocenters. The van der Waals surface area contributed by atoms with E-state index in [0.29, 0.717) is 17.2 Å². The summed E-state index contributed by atoms with van der Waals surface area (Å²) in [6.07, 6.45) is 5.38. The molecule has 0 N–H and O–H groups in total. The molecular formula is C26H28O8. The van der Waals surface area contributed by atoms with E-state index in [2.05, 4.69) is 0 Å². The Hall–Kier alpha value is -4.07. The number of carbonyl (C=O) groups excluding carboxylic acids is 3. The second-order valence-corrected chi connectivity index (χ2v) is 7.22.